The fourth-order valence-corrected chi connectivity index (χ4v) is 3.44. The quantitative estimate of drug-likeness (QED) is 0.371. The molecule has 3 nitrogen and oxygen atoms in total. The molecule has 0 radical (unpaired) electrons. The minimum absolute atomic E-state index is 0.795. The van der Waals surface area contributed by atoms with Crippen molar-refractivity contribution >= 4 is 22.8 Å². The number of nitrogens with zero attached hydrogens (tertiary/aromatic N) is 3. The van der Waals surface area contributed by atoms with Crippen LogP contribution in [0.3, 0.4) is 0 Å². The maximum Gasteiger partial charge on any atom is 0.189 e. The Morgan fingerprint density at radius 2 is 1.60 bits per heavy atom. The van der Waals surface area contributed by atoms with Gasteiger partial charge in [0.05, 0.1) is 11.4 Å². The summed E-state index contributed by atoms with van der Waals surface area (Å²) in [6.45, 7) is 2.10. The molecule has 0 saturated carbocycles. The molecular weight excluding hydrogens is 326 g/mol. The third-order valence-electron chi connectivity index (χ3n) is 4.44. The van der Waals surface area contributed by atoms with Crippen LogP contribution in [-0.4, -0.2) is 20.8 Å². The fourth-order valence-electron chi connectivity index (χ4n) is 3.08. The number of hydrogen-bond donors (Lipinski definition) is 0. The Labute approximate surface area is 151 Å². The summed E-state index contributed by atoms with van der Waals surface area (Å²) in [7, 11) is 2.07. The molecule has 0 amide bonds. The second kappa shape index (κ2) is 6.37. The van der Waals surface area contributed by atoms with E-state index in [9.17, 15) is 0 Å². The number of hydrogen-bond acceptors (Lipinski definition) is 3. The molecule has 0 N–H and O–H groups in total. The molecule has 0 spiro atoms. The summed E-state index contributed by atoms with van der Waals surface area (Å²) in [5.41, 5.74) is 6.66. The minimum Gasteiger partial charge on any atom is -0.328 e. The lowest BCUT2D eigenvalue weighted by Crippen LogP contribution is -1.97. The van der Waals surface area contributed by atoms with Crippen molar-refractivity contribution in [2.24, 2.45) is 7.05 Å². The van der Waals surface area contributed by atoms with Gasteiger partial charge in [-0.25, -0.2) is 9.97 Å². The summed E-state index contributed by atoms with van der Waals surface area (Å²) in [5, 5.41) is 1.88. The SMILES string of the molecule is CSc1nc(-c2ccc(C)cc2)c2cc(-c3ccccc3)n(C)c2n1. The van der Waals surface area contributed by atoms with E-state index in [2.05, 4.69) is 73.1 Å². The average Bonchev–Trinajstić information content (AvgIpc) is 2.99. The van der Waals surface area contributed by atoms with Crippen LogP contribution in [0, 0.1) is 6.92 Å². The Bertz CT molecular complexity index is 1030. The molecule has 0 bridgehead atoms. The zero-order chi connectivity index (χ0) is 17.4. The predicted molar refractivity (Wildman–Crippen MR) is 106 cm³/mol. The van der Waals surface area contributed by atoms with E-state index in [1.54, 1.807) is 11.8 Å². The molecule has 2 aromatic carbocycles. The summed E-state index contributed by atoms with van der Waals surface area (Å²) >= 11 is 1.57. The number of benzene rings is 2. The normalized spacial score (nSPS) is 11.2. The molecule has 0 fully saturated rings. The van der Waals surface area contributed by atoms with Crippen LogP contribution in [0.1, 0.15) is 5.56 Å². The van der Waals surface area contributed by atoms with Gasteiger partial charge < -0.3 is 4.57 Å². The molecule has 25 heavy (non-hydrogen) atoms. The van der Waals surface area contributed by atoms with Gasteiger partial charge in [-0.3, -0.25) is 0 Å². The lowest BCUT2D eigenvalue weighted by molar-refractivity contribution is 0.916. The Morgan fingerprint density at radius 1 is 0.880 bits per heavy atom. The Balaban J connectivity index is 2.01. The van der Waals surface area contributed by atoms with Crippen LogP contribution >= 0.6 is 11.8 Å². The first kappa shape index (κ1) is 15.9. The van der Waals surface area contributed by atoms with Gasteiger partial charge in [-0.05, 0) is 24.8 Å². The van der Waals surface area contributed by atoms with Crippen molar-refractivity contribution in [2.75, 3.05) is 6.26 Å². The summed E-state index contributed by atoms with van der Waals surface area (Å²) < 4.78 is 2.16. The second-order valence-corrected chi connectivity index (χ2v) is 6.89. The van der Waals surface area contributed by atoms with E-state index in [1.165, 1.54) is 11.1 Å². The summed E-state index contributed by atoms with van der Waals surface area (Å²) in [6.07, 6.45) is 2.02. The highest BCUT2D eigenvalue weighted by molar-refractivity contribution is 7.98. The molecule has 4 aromatic rings. The number of fused-ring (bicyclic) bond motifs is 1. The van der Waals surface area contributed by atoms with Crippen molar-refractivity contribution in [1.29, 1.82) is 0 Å². The third kappa shape index (κ3) is 2.83. The Hall–Kier alpha value is -2.59. The molecule has 2 heterocycles. The van der Waals surface area contributed by atoms with Gasteiger partial charge >= 0.3 is 0 Å². The Morgan fingerprint density at radius 3 is 2.28 bits per heavy atom. The van der Waals surface area contributed by atoms with E-state index < -0.39 is 0 Å². The van der Waals surface area contributed by atoms with Gasteiger partial charge in [-0.15, -0.1) is 0 Å². The molecule has 0 aliphatic heterocycles. The highest BCUT2D eigenvalue weighted by Crippen LogP contribution is 2.33. The van der Waals surface area contributed by atoms with Crippen LogP contribution in [0.15, 0.2) is 65.8 Å². The first-order valence-corrected chi connectivity index (χ1v) is 9.44. The Kier molecular flexibility index (Phi) is 4.06. The van der Waals surface area contributed by atoms with Crippen molar-refractivity contribution in [3.05, 3.63) is 66.2 Å². The zero-order valence-electron chi connectivity index (χ0n) is 14.5. The van der Waals surface area contributed by atoms with Gasteiger partial charge in [-0.2, -0.15) is 0 Å². The first-order chi connectivity index (χ1) is 12.2. The number of rotatable bonds is 3. The van der Waals surface area contributed by atoms with Gasteiger partial charge in [0.1, 0.15) is 5.65 Å². The van der Waals surface area contributed by atoms with E-state index in [-0.39, 0.29) is 0 Å². The summed E-state index contributed by atoms with van der Waals surface area (Å²) in [6, 6.07) is 21.1. The predicted octanol–water partition coefficient (Wildman–Crippen LogP) is 5.33. The van der Waals surface area contributed by atoms with E-state index in [0.29, 0.717) is 0 Å². The van der Waals surface area contributed by atoms with Crippen LogP contribution in [-0.2, 0) is 7.05 Å². The van der Waals surface area contributed by atoms with Gasteiger partial charge in [0, 0.05) is 18.0 Å². The third-order valence-corrected chi connectivity index (χ3v) is 4.99. The highest BCUT2D eigenvalue weighted by Gasteiger charge is 2.16. The van der Waals surface area contributed by atoms with Crippen molar-refractivity contribution in [3.63, 3.8) is 0 Å². The van der Waals surface area contributed by atoms with E-state index in [4.69, 9.17) is 9.97 Å². The number of thioether (sulfide) groups is 1. The number of aromatic nitrogens is 3. The lowest BCUT2D eigenvalue weighted by Gasteiger charge is -2.07. The number of aryl methyl sites for hydroxylation is 2. The molecule has 0 atom stereocenters. The van der Waals surface area contributed by atoms with Crippen LogP contribution in [0.25, 0.3) is 33.5 Å². The van der Waals surface area contributed by atoms with Crippen LogP contribution in [0.5, 0.6) is 0 Å². The summed E-state index contributed by atoms with van der Waals surface area (Å²) in [5.74, 6) is 0. The van der Waals surface area contributed by atoms with E-state index in [0.717, 1.165) is 33.1 Å². The van der Waals surface area contributed by atoms with Gasteiger partial charge in [0.25, 0.3) is 0 Å². The van der Waals surface area contributed by atoms with Gasteiger partial charge in [0.2, 0.25) is 0 Å². The topological polar surface area (TPSA) is 30.7 Å². The maximum absolute atomic E-state index is 4.81. The van der Waals surface area contributed by atoms with Crippen LogP contribution < -0.4 is 0 Å². The van der Waals surface area contributed by atoms with Crippen molar-refractivity contribution in [2.45, 2.75) is 12.1 Å². The largest absolute Gasteiger partial charge is 0.328 e. The lowest BCUT2D eigenvalue weighted by atomic mass is 10.1. The maximum atomic E-state index is 4.81. The van der Waals surface area contributed by atoms with E-state index >= 15 is 0 Å². The monoisotopic (exact) mass is 345 g/mol. The minimum atomic E-state index is 0.795. The summed E-state index contributed by atoms with van der Waals surface area (Å²) in [4.78, 5) is 9.56. The van der Waals surface area contributed by atoms with Crippen LogP contribution in [0.4, 0.5) is 0 Å². The van der Waals surface area contributed by atoms with Crippen molar-refractivity contribution in [1.82, 2.24) is 14.5 Å². The molecule has 2 aromatic heterocycles. The standard InChI is InChI=1S/C21H19N3S/c1-14-9-11-16(12-10-14)19-17-13-18(15-7-5-4-6-8-15)24(2)20(17)23-21(22-19)25-3/h4-13H,1-3H3. The molecular formula is C21H19N3S. The molecule has 0 aliphatic carbocycles. The molecule has 4 rings (SSSR count). The molecule has 124 valence electrons. The van der Waals surface area contributed by atoms with Crippen molar-refractivity contribution in [3.8, 4) is 22.5 Å². The molecule has 0 unspecified atom stereocenters. The van der Waals surface area contributed by atoms with E-state index in [1.807, 2.05) is 12.3 Å². The highest BCUT2D eigenvalue weighted by atomic mass is 32.2. The molecule has 4 heteroatoms. The van der Waals surface area contributed by atoms with Gasteiger partial charge in [0.15, 0.2) is 5.16 Å². The molecule has 0 saturated heterocycles. The zero-order valence-corrected chi connectivity index (χ0v) is 15.3. The van der Waals surface area contributed by atoms with Crippen LogP contribution in [0.2, 0.25) is 0 Å². The first-order valence-electron chi connectivity index (χ1n) is 8.21. The average molecular weight is 345 g/mol. The smallest absolute Gasteiger partial charge is 0.189 e. The second-order valence-electron chi connectivity index (χ2n) is 6.12. The fraction of sp³-hybridized carbons (Fsp3) is 0.143. The van der Waals surface area contributed by atoms with Crippen molar-refractivity contribution < 1.29 is 0 Å². The van der Waals surface area contributed by atoms with Gasteiger partial charge in [-0.1, -0.05) is 71.9 Å². The molecule has 0 aliphatic rings.